The zero-order chi connectivity index (χ0) is 18.7. The molecule has 0 unspecified atom stereocenters. The molecule has 8 heteroatoms. The van der Waals surface area contributed by atoms with Crippen molar-refractivity contribution in [2.75, 3.05) is 5.32 Å². The zero-order valence-electron chi connectivity index (χ0n) is 14.7. The van der Waals surface area contributed by atoms with E-state index in [2.05, 4.69) is 25.3 Å². The first kappa shape index (κ1) is 15.6. The van der Waals surface area contributed by atoms with Gasteiger partial charge < -0.3 is 5.32 Å². The van der Waals surface area contributed by atoms with Gasteiger partial charge in [-0.05, 0) is 31.4 Å². The van der Waals surface area contributed by atoms with Crippen LogP contribution < -0.4 is 5.32 Å². The normalized spacial score (nSPS) is 14.6. The molecule has 1 N–H and O–H groups in total. The van der Waals surface area contributed by atoms with Gasteiger partial charge in [-0.3, -0.25) is 9.20 Å². The van der Waals surface area contributed by atoms with Crippen molar-refractivity contribution in [3.8, 4) is 11.3 Å². The number of anilines is 2. The van der Waals surface area contributed by atoms with Gasteiger partial charge in [0.05, 0.1) is 23.1 Å². The maximum Gasteiger partial charge on any atom is 0.277 e. The summed E-state index contributed by atoms with van der Waals surface area (Å²) in [5.41, 5.74) is 5.25. The first-order valence-electron chi connectivity index (χ1n) is 9.07. The van der Waals surface area contributed by atoms with Gasteiger partial charge in [0.15, 0.2) is 16.6 Å². The molecular formula is C20H14N6OS. The van der Waals surface area contributed by atoms with E-state index in [1.165, 1.54) is 17.0 Å². The van der Waals surface area contributed by atoms with Gasteiger partial charge in [-0.2, -0.15) is 0 Å². The van der Waals surface area contributed by atoms with Crippen molar-refractivity contribution < 1.29 is 4.79 Å². The number of rotatable bonds is 3. The van der Waals surface area contributed by atoms with Crippen LogP contribution >= 0.6 is 11.3 Å². The molecule has 1 amide bonds. The second kappa shape index (κ2) is 5.80. The van der Waals surface area contributed by atoms with E-state index in [9.17, 15) is 4.79 Å². The lowest BCUT2D eigenvalue weighted by Crippen LogP contribution is -2.01. The Kier molecular flexibility index (Phi) is 3.24. The van der Waals surface area contributed by atoms with E-state index in [0.29, 0.717) is 11.4 Å². The molecule has 0 spiro atoms. The van der Waals surface area contributed by atoms with Gasteiger partial charge in [-0.15, -0.1) is 11.3 Å². The third-order valence-corrected chi connectivity index (χ3v) is 6.22. The summed E-state index contributed by atoms with van der Waals surface area (Å²) in [6.45, 7) is 0. The molecule has 1 aliphatic carbocycles. The highest BCUT2D eigenvalue weighted by atomic mass is 32.1. The molecule has 3 aromatic heterocycles. The molecule has 0 bridgehead atoms. The van der Waals surface area contributed by atoms with Gasteiger partial charge in [0.1, 0.15) is 0 Å². The van der Waals surface area contributed by atoms with Gasteiger partial charge >= 0.3 is 0 Å². The molecule has 0 saturated heterocycles. The van der Waals surface area contributed by atoms with Gasteiger partial charge in [-0.1, -0.05) is 6.07 Å². The number of hydrogen-bond donors (Lipinski definition) is 1. The van der Waals surface area contributed by atoms with Crippen molar-refractivity contribution in [3.05, 3.63) is 58.5 Å². The summed E-state index contributed by atoms with van der Waals surface area (Å²) in [5.74, 6) is 0.487. The maximum atomic E-state index is 11.7. The molecule has 0 fully saturated rings. The number of aryl methyl sites for hydroxylation is 2. The van der Waals surface area contributed by atoms with Crippen LogP contribution in [0.25, 0.3) is 16.9 Å². The fourth-order valence-corrected chi connectivity index (χ4v) is 4.84. The van der Waals surface area contributed by atoms with Crippen LogP contribution in [0, 0.1) is 0 Å². The Balaban J connectivity index is 1.41. The topological polar surface area (TPSA) is 84.5 Å². The standard InChI is InChI=1S/C20H14N6OS/c27-19-13-5-4-11(8-12(13)9-23-19)15-10-22-17(18-21-6-7-26(15)18)25-20-24-14-2-1-3-16(14)28-20/h4-10H,1-3H2,(H,22,24,25). The van der Waals surface area contributed by atoms with Crippen molar-refractivity contribution in [1.29, 1.82) is 0 Å². The fraction of sp³-hybridized carbons (Fsp3) is 0.150. The Hall–Kier alpha value is -3.39. The monoisotopic (exact) mass is 386 g/mol. The van der Waals surface area contributed by atoms with Crippen LogP contribution in [0.15, 0.2) is 41.8 Å². The number of carbonyl (C=O) groups is 1. The summed E-state index contributed by atoms with van der Waals surface area (Å²) < 4.78 is 1.99. The second-order valence-electron chi connectivity index (χ2n) is 6.85. The summed E-state index contributed by atoms with van der Waals surface area (Å²) >= 11 is 1.70. The molecule has 6 rings (SSSR count). The fourth-order valence-electron chi connectivity index (χ4n) is 3.79. The molecule has 0 atom stereocenters. The Morgan fingerprint density at radius 3 is 3.07 bits per heavy atom. The number of fused-ring (bicyclic) bond motifs is 3. The summed E-state index contributed by atoms with van der Waals surface area (Å²) in [6.07, 6.45) is 10.5. The highest BCUT2D eigenvalue weighted by molar-refractivity contribution is 7.15. The number of benzene rings is 1. The molecule has 2 aliphatic rings. The van der Waals surface area contributed by atoms with Crippen molar-refractivity contribution in [3.63, 3.8) is 0 Å². The number of aromatic nitrogens is 4. The summed E-state index contributed by atoms with van der Waals surface area (Å²) in [6, 6.07) is 5.69. The van der Waals surface area contributed by atoms with E-state index in [1.807, 2.05) is 35.0 Å². The molecular weight excluding hydrogens is 372 g/mol. The molecule has 4 aromatic rings. The number of imidazole rings is 1. The van der Waals surface area contributed by atoms with Crippen LogP contribution in [-0.2, 0) is 12.8 Å². The van der Waals surface area contributed by atoms with Gasteiger partial charge in [0.25, 0.3) is 5.91 Å². The van der Waals surface area contributed by atoms with Crippen LogP contribution in [-0.4, -0.2) is 31.5 Å². The molecule has 28 heavy (non-hydrogen) atoms. The molecule has 1 aliphatic heterocycles. The number of thiazole rings is 1. The van der Waals surface area contributed by atoms with Crippen molar-refractivity contribution in [2.24, 2.45) is 4.99 Å². The zero-order valence-corrected chi connectivity index (χ0v) is 15.5. The largest absolute Gasteiger partial charge is 0.313 e. The average Bonchev–Trinajstić information content (AvgIpc) is 3.46. The van der Waals surface area contributed by atoms with Crippen LogP contribution in [0.1, 0.15) is 32.9 Å². The lowest BCUT2D eigenvalue weighted by atomic mass is 10.0. The smallest absolute Gasteiger partial charge is 0.277 e. The van der Waals surface area contributed by atoms with E-state index in [4.69, 9.17) is 0 Å². The van der Waals surface area contributed by atoms with E-state index in [1.54, 1.807) is 23.7 Å². The van der Waals surface area contributed by atoms with Gasteiger partial charge in [0.2, 0.25) is 0 Å². The summed E-state index contributed by atoms with van der Waals surface area (Å²) in [4.78, 5) is 30.7. The van der Waals surface area contributed by atoms with E-state index < -0.39 is 0 Å². The number of hydrogen-bond acceptors (Lipinski definition) is 6. The van der Waals surface area contributed by atoms with E-state index in [0.717, 1.165) is 40.4 Å². The van der Waals surface area contributed by atoms with Gasteiger partial charge in [-0.25, -0.2) is 19.9 Å². The minimum atomic E-state index is -0.192. The lowest BCUT2D eigenvalue weighted by molar-refractivity contribution is 0.101. The Labute approximate surface area is 163 Å². The van der Waals surface area contributed by atoms with Crippen LogP contribution in [0.5, 0.6) is 0 Å². The number of amides is 1. The van der Waals surface area contributed by atoms with Crippen LogP contribution in [0.2, 0.25) is 0 Å². The Morgan fingerprint density at radius 2 is 2.14 bits per heavy atom. The molecule has 1 aromatic carbocycles. The molecule has 7 nitrogen and oxygen atoms in total. The number of aliphatic imine (C=N–C) groups is 1. The van der Waals surface area contributed by atoms with Crippen molar-refractivity contribution >= 4 is 40.1 Å². The quantitative estimate of drug-likeness (QED) is 0.581. The number of carbonyl (C=O) groups excluding carboxylic acids is 1. The van der Waals surface area contributed by atoms with Crippen molar-refractivity contribution in [2.45, 2.75) is 19.3 Å². The Bertz CT molecular complexity index is 1280. The molecule has 136 valence electrons. The molecule has 0 saturated carbocycles. The third kappa shape index (κ3) is 2.31. The third-order valence-electron chi connectivity index (χ3n) is 5.15. The number of nitrogens with zero attached hydrogens (tertiary/aromatic N) is 5. The number of nitrogens with one attached hydrogen (secondary N) is 1. The highest BCUT2D eigenvalue weighted by Gasteiger charge is 2.19. The van der Waals surface area contributed by atoms with Crippen molar-refractivity contribution in [1.82, 2.24) is 19.4 Å². The molecule has 0 radical (unpaired) electrons. The summed E-state index contributed by atoms with van der Waals surface area (Å²) in [5, 5.41) is 4.20. The molecule has 4 heterocycles. The van der Waals surface area contributed by atoms with E-state index >= 15 is 0 Å². The first-order valence-corrected chi connectivity index (χ1v) is 9.88. The van der Waals surface area contributed by atoms with Gasteiger partial charge in [0, 0.05) is 34.6 Å². The average molecular weight is 386 g/mol. The predicted octanol–water partition coefficient (Wildman–Crippen LogP) is 3.66. The Morgan fingerprint density at radius 1 is 1.18 bits per heavy atom. The predicted molar refractivity (Wildman–Crippen MR) is 108 cm³/mol. The lowest BCUT2D eigenvalue weighted by Gasteiger charge is -2.10. The first-order chi connectivity index (χ1) is 13.8. The maximum absolute atomic E-state index is 11.7. The highest BCUT2D eigenvalue weighted by Crippen LogP contribution is 2.33. The van der Waals surface area contributed by atoms with E-state index in [-0.39, 0.29) is 5.91 Å². The van der Waals surface area contributed by atoms with Crippen LogP contribution in [0.3, 0.4) is 0 Å². The minimum absolute atomic E-state index is 0.192. The van der Waals surface area contributed by atoms with Crippen LogP contribution in [0.4, 0.5) is 10.9 Å². The minimum Gasteiger partial charge on any atom is -0.313 e. The SMILES string of the molecule is O=C1N=Cc2cc(-c3cnc(Nc4nc5c(s4)CCC5)c4nccn34)ccc21. The second-order valence-corrected chi connectivity index (χ2v) is 7.93. The summed E-state index contributed by atoms with van der Waals surface area (Å²) in [7, 11) is 0.